The summed E-state index contributed by atoms with van der Waals surface area (Å²) in [6.45, 7) is 4.68. The Balaban J connectivity index is 1.85. The molecular formula is C23H26N2O5. The molecule has 0 unspecified atom stereocenters. The molecule has 2 rings (SSSR count). The Morgan fingerprint density at radius 1 is 1.00 bits per heavy atom. The number of rotatable bonds is 9. The van der Waals surface area contributed by atoms with Gasteiger partial charge in [-0.15, -0.1) is 0 Å². The molecule has 0 aliphatic carbocycles. The van der Waals surface area contributed by atoms with Crippen LogP contribution < -0.4 is 10.1 Å². The van der Waals surface area contributed by atoms with Crippen LogP contribution in [-0.2, 0) is 14.3 Å². The summed E-state index contributed by atoms with van der Waals surface area (Å²) in [5, 5.41) is 2.63. The first-order valence-electron chi connectivity index (χ1n) is 9.65. The van der Waals surface area contributed by atoms with Crippen LogP contribution in [0, 0.1) is 0 Å². The second-order valence-corrected chi connectivity index (χ2v) is 6.29. The van der Waals surface area contributed by atoms with Gasteiger partial charge in [0.2, 0.25) is 0 Å². The predicted molar refractivity (Wildman–Crippen MR) is 115 cm³/mol. The number of amides is 2. The number of hydrogen-bond donors (Lipinski definition) is 1. The molecule has 0 saturated heterocycles. The van der Waals surface area contributed by atoms with E-state index in [-0.39, 0.29) is 5.91 Å². The molecule has 2 amide bonds. The molecule has 0 radical (unpaired) electrons. The average Bonchev–Trinajstić information content (AvgIpc) is 2.77. The topological polar surface area (TPSA) is 84.9 Å². The Labute approximate surface area is 176 Å². The number of para-hydroxylation sites is 1. The smallest absolute Gasteiger partial charge is 0.331 e. The Kier molecular flexibility index (Phi) is 8.62. The van der Waals surface area contributed by atoms with Crippen molar-refractivity contribution >= 4 is 29.5 Å². The van der Waals surface area contributed by atoms with E-state index in [0.717, 1.165) is 5.56 Å². The van der Waals surface area contributed by atoms with Gasteiger partial charge in [0.05, 0.1) is 7.11 Å². The third kappa shape index (κ3) is 6.48. The van der Waals surface area contributed by atoms with E-state index in [0.29, 0.717) is 30.1 Å². The highest BCUT2D eigenvalue weighted by atomic mass is 16.5. The zero-order valence-corrected chi connectivity index (χ0v) is 17.4. The molecule has 7 heteroatoms. The first-order valence-corrected chi connectivity index (χ1v) is 9.65. The maximum Gasteiger partial charge on any atom is 0.331 e. The first kappa shape index (κ1) is 22.7. The predicted octanol–water partition coefficient (Wildman–Crippen LogP) is 3.37. The number of hydrogen-bond acceptors (Lipinski definition) is 5. The third-order valence-electron chi connectivity index (χ3n) is 4.35. The number of nitrogens with zero attached hydrogens (tertiary/aromatic N) is 1. The van der Waals surface area contributed by atoms with Crippen LogP contribution in [0.25, 0.3) is 6.08 Å². The summed E-state index contributed by atoms with van der Waals surface area (Å²) >= 11 is 0. The van der Waals surface area contributed by atoms with Crippen LogP contribution in [-0.4, -0.2) is 49.5 Å². The highest BCUT2D eigenvalue weighted by Crippen LogP contribution is 2.18. The van der Waals surface area contributed by atoms with Crippen molar-refractivity contribution in [1.29, 1.82) is 0 Å². The standard InChI is InChI=1S/C23H26N2O5/c1-4-25(5-2)23(28)18-10-13-19(14-11-18)24-21(26)16-30-22(27)15-12-17-8-6-7-9-20(17)29-3/h6-15H,4-5,16H2,1-3H3,(H,24,26)/b15-12+. The molecule has 0 saturated carbocycles. The van der Waals surface area contributed by atoms with Gasteiger partial charge < -0.3 is 19.7 Å². The van der Waals surface area contributed by atoms with Gasteiger partial charge in [-0.25, -0.2) is 4.79 Å². The largest absolute Gasteiger partial charge is 0.496 e. The number of methoxy groups -OCH3 is 1. The zero-order valence-electron chi connectivity index (χ0n) is 17.4. The minimum Gasteiger partial charge on any atom is -0.496 e. The van der Waals surface area contributed by atoms with Crippen LogP contribution in [0.4, 0.5) is 5.69 Å². The number of carbonyl (C=O) groups excluding carboxylic acids is 3. The molecule has 0 aliphatic rings. The Hall–Kier alpha value is -3.61. The number of ether oxygens (including phenoxy) is 2. The number of benzene rings is 2. The zero-order chi connectivity index (χ0) is 21.9. The van der Waals surface area contributed by atoms with E-state index in [1.807, 2.05) is 26.0 Å². The van der Waals surface area contributed by atoms with Gasteiger partial charge in [-0.05, 0) is 50.3 Å². The van der Waals surface area contributed by atoms with Gasteiger partial charge in [0, 0.05) is 36.0 Å². The number of esters is 1. The van der Waals surface area contributed by atoms with E-state index in [1.165, 1.54) is 6.08 Å². The number of nitrogens with one attached hydrogen (secondary N) is 1. The summed E-state index contributed by atoms with van der Waals surface area (Å²) in [6, 6.07) is 13.8. The van der Waals surface area contributed by atoms with E-state index in [2.05, 4.69) is 5.32 Å². The van der Waals surface area contributed by atoms with Crippen molar-refractivity contribution < 1.29 is 23.9 Å². The van der Waals surface area contributed by atoms with E-state index < -0.39 is 18.5 Å². The maximum atomic E-state index is 12.3. The van der Waals surface area contributed by atoms with E-state index in [9.17, 15) is 14.4 Å². The van der Waals surface area contributed by atoms with Crippen LogP contribution >= 0.6 is 0 Å². The number of anilines is 1. The summed E-state index contributed by atoms with van der Waals surface area (Å²) < 4.78 is 10.2. The lowest BCUT2D eigenvalue weighted by atomic mass is 10.2. The van der Waals surface area contributed by atoms with Crippen molar-refractivity contribution in [2.75, 3.05) is 32.1 Å². The van der Waals surface area contributed by atoms with Crippen LogP contribution in [0.2, 0.25) is 0 Å². The molecule has 1 N–H and O–H groups in total. The molecule has 158 valence electrons. The second kappa shape index (κ2) is 11.4. The molecule has 0 fully saturated rings. The molecule has 0 aromatic heterocycles. The van der Waals surface area contributed by atoms with Crippen LogP contribution in [0.5, 0.6) is 5.75 Å². The minimum atomic E-state index is -0.642. The number of carbonyl (C=O) groups is 3. The fraction of sp³-hybridized carbons (Fsp3) is 0.261. The SMILES string of the molecule is CCN(CC)C(=O)c1ccc(NC(=O)COC(=O)/C=C/c2ccccc2OC)cc1. The lowest BCUT2D eigenvalue weighted by Crippen LogP contribution is -2.30. The highest BCUT2D eigenvalue weighted by molar-refractivity contribution is 5.97. The van der Waals surface area contributed by atoms with Gasteiger partial charge in [0.1, 0.15) is 5.75 Å². The quantitative estimate of drug-likeness (QED) is 0.506. The van der Waals surface area contributed by atoms with Crippen molar-refractivity contribution in [1.82, 2.24) is 4.90 Å². The average molecular weight is 410 g/mol. The molecular weight excluding hydrogens is 384 g/mol. The van der Waals surface area contributed by atoms with Crippen molar-refractivity contribution in [2.45, 2.75) is 13.8 Å². The lowest BCUT2D eigenvalue weighted by molar-refractivity contribution is -0.142. The van der Waals surface area contributed by atoms with E-state index >= 15 is 0 Å². The van der Waals surface area contributed by atoms with Gasteiger partial charge in [0.15, 0.2) is 6.61 Å². The summed E-state index contributed by atoms with van der Waals surface area (Å²) in [7, 11) is 1.54. The molecule has 2 aromatic carbocycles. The van der Waals surface area contributed by atoms with Crippen molar-refractivity contribution in [3.63, 3.8) is 0 Å². The van der Waals surface area contributed by atoms with Gasteiger partial charge in [-0.3, -0.25) is 9.59 Å². The molecule has 0 aliphatic heterocycles. The summed E-state index contributed by atoms with van der Waals surface area (Å²) in [5.74, 6) is -0.552. The van der Waals surface area contributed by atoms with Crippen molar-refractivity contribution in [3.05, 3.63) is 65.7 Å². The van der Waals surface area contributed by atoms with Crippen LogP contribution in [0.15, 0.2) is 54.6 Å². The van der Waals surface area contributed by atoms with Crippen molar-refractivity contribution in [3.8, 4) is 5.75 Å². The van der Waals surface area contributed by atoms with E-state index in [1.54, 1.807) is 54.5 Å². The van der Waals surface area contributed by atoms with Gasteiger partial charge >= 0.3 is 5.97 Å². The summed E-state index contributed by atoms with van der Waals surface area (Å²) in [4.78, 5) is 37.8. The summed E-state index contributed by atoms with van der Waals surface area (Å²) in [6.07, 6.45) is 2.80. The highest BCUT2D eigenvalue weighted by Gasteiger charge is 2.12. The Morgan fingerprint density at radius 3 is 2.30 bits per heavy atom. The Morgan fingerprint density at radius 2 is 1.67 bits per heavy atom. The molecule has 2 aromatic rings. The first-order chi connectivity index (χ1) is 14.5. The van der Waals surface area contributed by atoms with E-state index in [4.69, 9.17) is 9.47 Å². The normalized spacial score (nSPS) is 10.5. The van der Waals surface area contributed by atoms with Gasteiger partial charge in [0.25, 0.3) is 11.8 Å². The van der Waals surface area contributed by atoms with Crippen molar-refractivity contribution in [2.24, 2.45) is 0 Å². The minimum absolute atomic E-state index is 0.0614. The molecule has 7 nitrogen and oxygen atoms in total. The maximum absolute atomic E-state index is 12.3. The summed E-state index contributed by atoms with van der Waals surface area (Å²) in [5.41, 5.74) is 1.78. The van der Waals surface area contributed by atoms with Gasteiger partial charge in [-0.1, -0.05) is 18.2 Å². The Bertz CT molecular complexity index is 902. The third-order valence-corrected chi connectivity index (χ3v) is 4.35. The fourth-order valence-electron chi connectivity index (χ4n) is 2.73. The molecule has 0 spiro atoms. The van der Waals surface area contributed by atoms with Crippen LogP contribution in [0.3, 0.4) is 0 Å². The molecule has 0 heterocycles. The monoisotopic (exact) mass is 410 g/mol. The lowest BCUT2D eigenvalue weighted by Gasteiger charge is -2.18. The fourth-order valence-corrected chi connectivity index (χ4v) is 2.73. The van der Waals surface area contributed by atoms with Gasteiger partial charge in [-0.2, -0.15) is 0 Å². The molecule has 0 bridgehead atoms. The molecule has 0 atom stereocenters. The second-order valence-electron chi connectivity index (χ2n) is 6.29. The molecule has 30 heavy (non-hydrogen) atoms. The van der Waals surface area contributed by atoms with Crippen LogP contribution in [0.1, 0.15) is 29.8 Å².